The van der Waals surface area contributed by atoms with Crippen molar-refractivity contribution in [1.82, 2.24) is 19.7 Å². The van der Waals surface area contributed by atoms with E-state index in [0.29, 0.717) is 39.3 Å². The molecule has 0 saturated carbocycles. The predicted molar refractivity (Wildman–Crippen MR) is 105 cm³/mol. The summed E-state index contributed by atoms with van der Waals surface area (Å²) in [7, 11) is 0. The SMILES string of the molecule is Cc1ccc(-c2nc(N)c3cnn(Cc4c(Cl)cccc4Cl)c3n2)cc1. The molecule has 0 aliphatic heterocycles. The molecule has 0 bridgehead atoms. The zero-order chi connectivity index (χ0) is 18.3. The normalized spacial score (nSPS) is 11.2. The van der Waals surface area contributed by atoms with E-state index in [1.54, 1.807) is 23.0 Å². The first-order chi connectivity index (χ1) is 12.5. The lowest BCUT2D eigenvalue weighted by Crippen LogP contribution is -2.05. The highest BCUT2D eigenvalue weighted by atomic mass is 35.5. The molecule has 4 rings (SSSR count). The van der Waals surface area contributed by atoms with Crippen LogP contribution in [-0.4, -0.2) is 19.7 Å². The largest absolute Gasteiger partial charge is 0.383 e. The van der Waals surface area contributed by atoms with Gasteiger partial charge < -0.3 is 5.73 Å². The van der Waals surface area contributed by atoms with Gasteiger partial charge in [-0.1, -0.05) is 59.1 Å². The molecule has 130 valence electrons. The Labute approximate surface area is 160 Å². The van der Waals surface area contributed by atoms with Crippen LogP contribution in [0.25, 0.3) is 22.4 Å². The highest BCUT2D eigenvalue weighted by Gasteiger charge is 2.14. The average Bonchev–Trinajstić information content (AvgIpc) is 3.02. The fourth-order valence-corrected chi connectivity index (χ4v) is 3.27. The summed E-state index contributed by atoms with van der Waals surface area (Å²) < 4.78 is 1.73. The lowest BCUT2D eigenvalue weighted by atomic mass is 10.1. The summed E-state index contributed by atoms with van der Waals surface area (Å²) in [5, 5.41) is 6.27. The monoisotopic (exact) mass is 383 g/mol. The molecular formula is C19H15Cl2N5. The van der Waals surface area contributed by atoms with Crippen LogP contribution in [-0.2, 0) is 6.54 Å². The number of aryl methyl sites for hydroxylation is 1. The Morgan fingerprint density at radius 2 is 1.69 bits per heavy atom. The van der Waals surface area contributed by atoms with Crippen molar-refractivity contribution in [1.29, 1.82) is 0 Å². The van der Waals surface area contributed by atoms with Gasteiger partial charge in [0, 0.05) is 21.2 Å². The van der Waals surface area contributed by atoms with E-state index in [-0.39, 0.29) is 0 Å². The number of halogens is 2. The Hall–Kier alpha value is -2.63. The Kier molecular flexibility index (Phi) is 4.26. The van der Waals surface area contributed by atoms with E-state index in [9.17, 15) is 0 Å². The van der Waals surface area contributed by atoms with E-state index in [1.165, 1.54) is 5.56 Å². The summed E-state index contributed by atoms with van der Waals surface area (Å²) in [5.41, 5.74) is 9.63. The average molecular weight is 384 g/mol. The topological polar surface area (TPSA) is 69.6 Å². The number of anilines is 1. The number of aromatic nitrogens is 4. The molecule has 0 unspecified atom stereocenters. The van der Waals surface area contributed by atoms with Gasteiger partial charge in [0.1, 0.15) is 5.82 Å². The van der Waals surface area contributed by atoms with Crippen LogP contribution in [0.5, 0.6) is 0 Å². The number of nitrogens with two attached hydrogens (primary N) is 1. The minimum absolute atomic E-state index is 0.391. The van der Waals surface area contributed by atoms with Crippen molar-refractivity contribution in [3.8, 4) is 11.4 Å². The number of rotatable bonds is 3. The van der Waals surface area contributed by atoms with Crippen LogP contribution in [0.15, 0.2) is 48.7 Å². The van der Waals surface area contributed by atoms with Crippen molar-refractivity contribution < 1.29 is 0 Å². The summed E-state index contributed by atoms with van der Waals surface area (Å²) in [6, 6.07) is 13.4. The van der Waals surface area contributed by atoms with Gasteiger partial charge in [-0.15, -0.1) is 0 Å². The third-order valence-electron chi connectivity index (χ3n) is 4.21. The maximum atomic E-state index is 6.29. The molecule has 0 aliphatic rings. The predicted octanol–water partition coefficient (Wildman–Crippen LogP) is 4.74. The fraction of sp³-hybridized carbons (Fsp3) is 0.105. The van der Waals surface area contributed by atoms with Crippen molar-refractivity contribution in [2.24, 2.45) is 0 Å². The molecular weight excluding hydrogens is 369 g/mol. The van der Waals surface area contributed by atoms with Gasteiger partial charge in [-0.25, -0.2) is 14.6 Å². The molecule has 26 heavy (non-hydrogen) atoms. The summed E-state index contributed by atoms with van der Waals surface area (Å²) in [6.45, 7) is 2.43. The molecule has 7 heteroatoms. The lowest BCUT2D eigenvalue weighted by molar-refractivity contribution is 0.704. The highest BCUT2D eigenvalue weighted by Crippen LogP contribution is 2.28. The molecule has 2 heterocycles. The number of hydrogen-bond donors (Lipinski definition) is 1. The Morgan fingerprint density at radius 1 is 1.00 bits per heavy atom. The minimum atomic E-state index is 0.391. The molecule has 0 amide bonds. The van der Waals surface area contributed by atoms with Gasteiger partial charge in [-0.05, 0) is 19.1 Å². The smallest absolute Gasteiger partial charge is 0.164 e. The Morgan fingerprint density at radius 3 is 2.38 bits per heavy atom. The first-order valence-corrected chi connectivity index (χ1v) is 8.77. The second-order valence-corrected chi connectivity index (χ2v) is 6.85. The van der Waals surface area contributed by atoms with Crippen molar-refractivity contribution in [3.63, 3.8) is 0 Å². The standard InChI is InChI=1S/C19H15Cl2N5/c1-11-5-7-12(8-6-11)18-24-17(22)13-9-23-26(19(13)25-18)10-14-15(20)3-2-4-16(14)21/h2-9H,10H2,1H3,(H2,22,24,25). The van der Waals surface area contributed by atoms with Crippen molar-refractivity contribution in [2.45, 2.75) is 13.5 Å². The molecule has 4 aromatic rings. The lowest BCUT2D eigenvalue weighted by Gasteiger charge is -2.09. The molecule has 0 saturated heterocycles. The number of hydrogen-bond acceptors (Lipinski definition) is 4. The summed E-state index contributed by atoms with van der Waals surface area (Å²) >= 11 is 12.6. The molecule has 5 nitrogen and oxygen atoms in total. The Balaban J connectivity index is 1.83. The molecule has 0 radical (unpaired) electrons. The van der Waals surface area contributed by atoms with E-state index in [1.807, 2.05) is 37.3 Å². The Bertz CT molecular complexity index is 1080. The van der Waals surface area contributed by atoms with Crippen molar-refractivity contribution >= 4 is 40.1 Å². The second kappa shape index (κ2) is 6.59. The van der Waals surface area contributed by atoms with E-state index in [2.05, 4.69) is 15.1 Å². The molecule has 0 fully saturated rings. The van der Waals surface area contributed by atoms with Gasteiger partial charge >= 0.3 is 0 Å². The summed E-state index contributed by atoms with van der Waals surface area (Å²) in [4.78, 5) is 9.09. The van der Waals surface area contributed by atoms with Crippen LogP contribution >= 0.6 is 23.2 Å². The summed E-state index contributed by atoms with van der Waals surface area (Å²) in [5.74, 6) is 0.948. The minimum Gasteiger partial charge on any atom is -0.383 e. The highest BCUT2D eigenvalue weighted by molar-refractivity contribution is 6.36. The van der Waals surface area contributed by atoms with Gasteiger partial charge in [0.15, 0.2) is 11.5 Å². The van der Waals surface area contributed by atoms with Crippen LogP contribution < -0.4 is 5.73 Å². The first kappa shape index (κ1) is 16.8. The van der Waals surface area contributed by atoms with E-state index in [0.717, 1.165) is 11.1 Å². The van der Waals surface area contributed by atoms with Crippen LogP contribution in [0.2, 0.25) is 10.0 Å². The number of fused-ring (bicyclic) bond motifs is 1. The fourth-order valence-electron chi connectivity index (χ4n) is 2.76. The van der Waals surface area contributed by atoms with Crippen molar-refractivity contribution in [3.05, 3.63) is 69.8 Å². The maximum Gasteiger partial charge on any atom is 0.164 e. The van der Waals surface area contributed by atoms with Crippen LogP contribution in [0.4, 0.5) is 5.82 Å². The molecule has 0 spiro atoms. The summed E-state index contributed by atoms with van der Waals surface area (Å²) in [6.07, 6.45) is 1.66. The van der Waals surface area contributed by atoms with E-state index < -0.39 is 0 Å². The molecule has 2 aromatic carbocycles. The van der Waals surface area contributed by atoms with Gasteiger partial charge in [-0.2, -0.15) is 5.10 Å². The number of nitrogen functional groups attached to an aromatic ring is 1. The van der Waals surface area contributed by atoms with E-state index >= 15 is 0 Å². The van der Waals surface area contributed by atoms with Crippen LogP contribution in [0.1, 0.15) is 11.1 Å². The quantitative estimate of drug-likeness (QED) is 0.554. The zero-order valence-electron chi connectivity index (χ0n) is 13.9. The van der Waals surface area contributed by atoms with Crippen LogP contribution in [0, 0.1) is 6.92 Å². The molecule has 2 N–H and O–H groups in total. The van der Waals surface area contributed by atoms with Gasteiger partial charge in [0.05, 0.1) is 18.1 Å². The first-order valence-electron chi connectivity index (χ1n) is 8.02. The maximum absolute atomic E-state index is 6.29. The molecule has 0 atom stereocenters. The second-order valence-electron chi connectivity index (χ2n) is 6.04. The van der Waals surface area contributed by atoms with Crippen molar-refractivity contribution in [2.75, 3.05) is 5.73 Å². The third-order valence-corrected chi connectivity index (χ3v) is 4.91. The zero-order valence-corrected chi connectivity index (χ0v) is 15.5. The third kappa shape index (κ3) is 3.00. The van der Waals surface area contributed by atoms with Gasteiger partial charge in [0.25, 0.3) is 0 Å². The number of benzene rings is 2. The van der Waals surface area contributed by atoms with Gasteiger partial charge in [-0.3, -0.25) is 0 Å². The van der Waals surface area contributed by atoms with Gasteiger partial charge in [0.2, 0.25) is 0 Å². The van der Waals surface area contributed by atoms with Crippen LogP contribution in [0.3, 0.4) is 0 Å². The molecule has 2 aromatic heterocycles. The number of nitrogens with zero attached hydrogens (tertiary/aromatic N) is 4. The van der Waals surface area contributed by atoms with E-state index in [4.69, 9.17) is 28.9 Å². The molecule has 0 aliphatic carbocycles.